The lowest BCUT2D eigenvalue weighted by Crippen LogP contribution is -2.37. The van der Waals surface area contributed by atoms with Crippen molar-refractivity contribution in [3.8, 4) is 5.75 Å². The Bertz CT molecular complexity index is 1080. The summed E-state index contributed by atoms with van der Waals surface area (Å²) in [6.45, 7) is 3.00. The van der Waals surface area contributed by atoms with Crippen molar-refractivity contribution >= 4 is 41.0 Å². The molecule has 0 bridgehead atoms. The number of rotatable bonds is 8. The van der Waals surface area contributed by atoms with Crippen LogP contribution in [0.2, 0.25) is 10.0 Å². The zero-order valence-electron chi connectivity index (χ0n) is 18.1. The van der Waals surface area contributed by atoms with Crippen LogP contribution in [-0.2, 0) is 6.42 Å². The van der Waals surface area contributed by atoms with Gasteiger partial charge in [-0.2, -0.15) is 0 Å². The van der Waals surface area contributed by atoms with Gasteiger partial charge < -0.3 is 15.0 Å². The van der Waals surface area contributed by atoms with Gasteiger partial charge in [-0.3, -0.25) is 0 Å². The van der Waals surface area contributed by atoms with Gasteiger partial charge in [-0.15, -0.1) is 0 Å². The van der Waals surface area contributed by atoms with Gasteiger partial charge in [-0.25, -0.2) is 4.79 Å². The first-order valence-corrected chi connectivity index (χ1v) is 11.1. The molecule has 3 aromatic rings. The number of amides is 2. The van der Waals surface area contributed by atoms with E-state index in [-0.39, 0.29) is 6.03 Å². The number of carbonyl (C=O) groups excluding carboxylic acids is 1. The SMILES string of the molecule is COc1cccc(NC(=O)N(CCc2ccc(Cl)cc2Cl)C/C(C)=C/c2ccccc2)c1. The molecule has 0 aromatic heterocycles. The van der Waals surface area contributed by atoms with Crippen LogP contribution in [0.5, 0.6) is 5.75 Å². The molecule has 0 aliphatic carbocycles. The van der Waals surface area contributed by atoms with E-state index in [1.54, 1.807) is 24.1 Å². The van der Waals surface area contributed by atoms with Crippen molar-refractivity contribution in [2.75, 3.05) is 25.5 Å². The van der Waals surface area contributed by atoms with Crippen molar-refractivity contribution in [2.45, 2.75) is 13.3 Å². The summed E-state index contributed by atoms with van der Waals surface area (Å²) in [6, 6.07) is 22.6. The van der Waals surface area contributed by atoms with E-state index in [0.29, 0.717) is 41.0 Å². The third kappa shape index (κ3) is 7.04. The lowest BCUT2D eigenvalue weighted by molar-refractivity contribution is 0.216. The van der Waals surface area contributed by atoms with E-state index >= 15 is 0 Å². The van der Waals surface area contributed by atoms with Crippen LogP contribution in [0.4, 0.5) is 10.5 Å². The Morgan fingerprint density at radius 2 is 1.81 bits per heavy atom. The van der Waals surface area contributed by atoms with Crippen molar-refractivity contribution in [3.63, 3.8) is 0 Å². The topological polar surface area (TPSA) is 41.6 Å². The smallest absolute Gasteiger partial charge is 0.322 e. The Hall–Kier alpha value is -2.95. The van der Waals surface area contributed by atoms with Crippen LogP contribution in [0.1, 0.15) is 18.1 Å². The molecule has 6 heteroatoms. The molecule has 0 fully saturated rings. The minimum Gasteiger partial charge on any atom is -0.497 e. The fourth-order valence-corrected chi connectivity index (χ4v) is 3.82. The fraction of sp³-hybridized carbons (Fsp3) is 0.192. The van der Waals surface area contributed by atoms with Crippen molar-refractivity contribution in [1.82, 2.24) is 4.90 Å². The molecule has 1 N–H and O–H groups in total. The molecule has 4 nitrogen and oxygen atoms in total. The van der Waals surface area contributed by atoms with Crippen LogP contribution in [0.15, 0.2) is 78.4 Å². The van der Waals surface area contributed by atoms with Crippen molar-refractivity contribution < 1.29 is 9.53 Å². The number of hydrogen-bond acceptors (Lipinski definition) is 2. The average Bonchev–Trinajstić information content (AvgIpc) is 2.78. The van der Waals surface area contributed by atoms with Crippen LogP contribution in [0.25, 0.3) is 6.08 Å². The van der Waals surface area contributed by atoms with Gasteiger partial charge >= 0.3 is 6.03 Å². The average molecular weight is 469 g/mol. The summed E-state index contributed by atoms with van der Waals surface area (Å²) in [7, 11) is 1.60. The third-order valence-corrected chi connectivity index (χ3v) is 5.51. The van der Waals surface area contributed by atoms with Gasteiger partial charge in [0.15, 0.2) is 0 Å². The number of anilines is 1. The van der Waals surface area contributed by atoms with Gasteiger partial charge in [0.25, 0.3) is 0 Å². The lowest BCUT2D eigenvalue weighted by atomic mass is 10.1. The number of urea groups is 1. The van der Waals surface area contributed by atoms with Crippen LogP contribution >= 0.6 is 23.2 Å². The van der Waals surface area contributed by atoms with Crippen LogP contribution < -0.4 is 10.1 Å². The maximum absolute atomic E-state index is 13.2. The zero-order chi connectivity index (χ0) is 22.9. The predicted octanol–water partition coefficient (Wildman–Crippen LogP) is 7.18. The molecule has 0 saturated carbocycles. The summed E-state index contributed by atoms with van der Waals surface area (Å²) in [4.78, 5) is 14.9. The maximum Gasteiger partial charge on any atom is 0.322 e. The summed E-state index contributed by atoms with van der Waals surface area (Å²) in [5.74, 6) is 0.683. The molecule has 0 unspecified atom stereocenters. The summed E-state index contributed by atoms with van der Waals surface area (Å²) < 4.78 is 5.26. The first-order chi connectivity index (χ1) is 15.4. The summed E-state index contributed by atoms with van der Waals surface area (Å²) in [5.41, 5.74) is 3.78. The normalized spacial score (nSPS) is 11.2. The molecule has 3 aromatic carbocycles. The van der Waals surface area contributed by atoms with Crippen molar-refractivity contribution in [1.29, 1.82) is 0 Å². The number of benzene rings is 3. The van der Waals surface area contributed by atoms with E-state index in [4.69, 9.17) is 27.9 Å². The standard InChI is InChI=1S/C26H26Cl2N2O2/c1-19(15-20-7-4-3-5-8-20)18-30(14-13-21-11-12-22(27)16-25(21)28)26(31)29-23-9-6-10-24(17-23)32-2/h3-12,15-17H,13-14,18H2,1-2H3,(H,29,31)/b19-15+. The number of methoxy groups -OCH3 is 1. The van der Waals surface area contributed by atoms with E-state index in [9.17, 15) is 4.79 Å². The second kappa shape index (κ2) is 11.6. The van der Waals surface area contributed by atoms with Gasteiger partial charge in [0.05, 0.1) is 7.11 Å². The highest BCUT2D eigenvalue weighted by Gasteiger charge is 2.15. The Kier molecular flexibility index (Phi) is 8.60. The van der Waals surface area contributed by atoms with Crippen molar-refractivity contribution in [3.05, 3.63) is 99.5 Å². The Morgan fingerprint density at radius 3 is 2.53 bits per heavy atom. The van der Waals surface area contributed by atoms with Crippen LogP contribution in [0.3, 0.4) is 0 Å². The highest BCUT2D eigenvalue weighted by Crippen LogP contribution is 2.22. The molecule has 32 heavy (non-hydrogen) atoms. The molecule has 3 rings (SSSR count). The van der Waals surface area contributed by atoms with E-state index in [1.165, 1.54) is 0 Å². The fourth-order valence-electron chi connectivity index (χ4n) is 3.32. The quantitative estimate of drug-likeness (QED) is 0.380. The summed E-state index contributed by atoms with van der Waals surface area (Å²) in [5, 5.41) is 4.16. The van der Waals surface area contributed by atoms with Crippen molar-refractivity contribution in [2.24, 2.45) is 0 Å². The number of nitrogens with one attached hydrogen (secondary N) is 1. The van der Waals surface area contributed by atoms with Gasteiger partial charge in [0.2, 0.25) is 0 Å². The second-order valence-electron chi connectivity index (χ2n) is 7.47. The van der Waals surface area contributed by atoms with Gasteiger partial charge in [0, 0.05) is 34.9 Å². The molecule has 166 valence electrons. The van der Waals surface area contributed by atoms with Gasteiger partial charge in [0.1, 0.15) is 5.75 Å². The molecule has 0 atom stereocenters. The molecule has 0 saturated heterocycles. The molecule has 0 aliphatic heterocycles. The molecule has 0 aliphatic rings. The molecular weight excluding hydrogens is 443 g/mol. The number of ether oxygens (including phenoxy) is 1. The minimum atomic E-state index is -0.191. The predicted molar refractivity (Wildman–Crippen MR) is 134 cm³/mol. The van der Waals surface area contributed by atoms with Crippen LogP contribution in [0, 0.1) is 0 Å². The maximum atomic E-state index is 13.2. The minimum absolute atomic E-state index is 0.191. The summed E-state index contributed by atoms with van der Waals surface area (Å²) in [6.07, 6.45) is 2.70. The number of carbonyl (C=O) groups is 1. The molecule has 0 radical (unpaired) electrons. The van der Waals surface area contributed by atoms with Crippen LogP contribution in [-0.4, -0.2) is 31.1 Å². The van der Waals surface area contributed by atoms with E-state index in [0.717, 1.165) is 16.7 Å². The Morgan fingerprint density at radius 1 is 1.03 bits per heavy atom. The first-order valence-electron chi connectivity index (χ1n) is 10.3. The first kappa shape index (κ1) is 23.7. The third-order valence-electron chi connectivity index (χ3n) is 4.93. The number of halogens is 2. The lowest BCUT2D eigenvalue weighted by Gasteiger charge is -2.24. The van der Waals surface area contributed by atoms with Gasteiger partial charge in [-0.05, 0) is 48.7 Å². The number of hydrogen-bond donors (Lipinski definition) is 1. The molecule has 0 heterocycles. The molecular formula is C26H26Cl2N2O2. The van der Waals surface area contributed by atoms with Gasteiger partial charge in [-0.1, -0.05) is 77.3 Å². The molecule has 2 amide bonds. The second-order valence-corrected chi connectivity index (χ2v) is 8.31. The summed E-state index contributed by atoms with van der Waals surface area (Å²) >= 11 is 12.4. The van der Waals surface area contributed by atoms with E-state index in [2.05, 4.69) is 11.4 Å². The Labute approximate surface area is 199 Å². The highest BCUT2D eigenvalue weighted by molar-refractivity contribution is 6.35. The largest absolute Gasteiger partial charge is 0.497 e. The van der Waals surface area contributed by atoms with E-state index < -0.39 is 0 Å². The molecule has 0 spiro atoms. The number of nitrogens with zero attached hydrogens (tertiary/aromatic N) is 1. The van der Waals surface area contributed by atoms with E-state index in [1.807, 2.05) is 67.6 Å². The highest BCUT2D eigenvalue weighted by atomic mass is 35.5. The Balaban J connectivity index is 1.77. The monoisotopic (exact) mass is 468 g/mol. The zero-order valence-corrected chi connectivity index (χ0v) is 19.7.